The van der Waals surface area contributed by atoms with Crippen LogP contribution in [0.25, 0.3) is 0 Å². The van der Waals surface area contributed by atoms with Gasteiger partial charge in [0.1, 0.15) is 6.04 Å². The lowest BCUT2D eigenvalue weighted by atomic mass is 9.91. The van der Waals surface area contributed by atoms with Crippen LogP contribution in [-0.4, -0.2) is 58.1 Å². The Morgan fingerprint density at radius 2 is 2.00 bits per heavy atom. The zero-order chi connectivity index (χ0) is 24.0. The van der Waals surface area contributed by atoms with Gasteiger partial charge in [0.2, 0.25) is 6.41 Å². The number of carbonyl (C=O) groups is 4. The van der Waals surface area contributed by atoms with Gasteiger partial charge in [-0.3, -0.25) is 14.8 Å². The first kappa shape index (κ1) is 24.6. The summed E-state index contributed by atoms with van der Waals surface area (Å²) < 4.78 is -0.534. The van der Waals surface area contributed by atoms with Crippen LogP contribution in [0.2, 0.25) is 0 Å². The molecule has 176 valence electrons. The first-order valence-corrected chi connectivity index (χ1v) is 11.5. The maximum Gasteiger partial charge on any atom is 0.431 e. The lowest BCUT2D eigenvalue weighted by Crippen LogP contribution is -2.65. The van der Waals surface area contributed by atoms with Crippen LogP contribution in [0.3, 0.4) is 0 Å². The normalized spacial score (nSPS) is 23.5. The summed E-state index contributed by atoms with van der Waals surface area (Å²) in [7, 11) is 0. The minimum absolute atomic E-state index is 0.157. The molecule has 2 fully saturated rings. The van der Waals surface area contributed by atoms with E-state index in [0.717, 1.165) is 25.7 Å². The third kappa shape index (κ3) is 5.29. The van der Waals surface area contributed by atoms with Crippen LogP contribution in [0.4, 0.5) is 4.79 Å². The largest absolute Gasteiger partial charge is 0.431 e. The predicted octanol–water partition coefficient (Wildman–Crippen LogP) is 2.98. The molecular weight excluding hydrogens is 424 g/mol. The molecule has 1 aromatic carbocycles. The summed E-state index contributed by atoms with van der Waals surface area (Å²) >= 11 is 0. The molecule has 0 radical (unpaired) electrons. The zero-order valence-corrected chi connectivity index (χ0v) is 18.9. The molecule has 33 heavy (non-hydrogen) atoms. The Labute approximate surface area is 193 Å². The number of quaternary nitrogens is 1. The Morgan fingerprint density at radius 3 is 2.61 bits per heavy atom. The van der Waals surface area contributed by atoms with Crippen LogP contribution in [0.15, 0.2) is 24.3 Å². The number of rotatable bonds is 7. The van der Waals surface area contributed by atoms with E-state index in [9.17, 15) is 24.4 Å². The van der Waals surface area contributed by atoms with E-state index in [-0.39, 0.29) is 42.6 Å². The summed E-state index contributed by atoms with van der Waals surface area (Å²) in [5.41, 5.74) is 0.447. The first-order valence-electron chi connectivity index (χ1n) is 11.5. The Balaban J connectivity index is 1.86. The number of nitrogens with one attached hydrogen (secondary N) is 1. The van der Waals surface area contributed by atoms with Gasteiger partial charge in [-0.1, -0.05) is 31.7 Å². The van der Waals surface area contributed by atoms with Gasteiger partial charge in [-0.05, 0) is 37.5 Å². The molecule has 0 bridgehead atoms. The van der Waals surface area contributed by atoms with Gasteiger partial charge in [0.05, 0.1) is 30.6 Å². The SMILES string of the molecule is C[C@@H]1CCC[N+]1(C(=O)NC(=O)c1cccc(C#N)c1)C(=O)[C@H](CC1CCCC1)CN(O)C=O. The lowest BCUT2D eigenvalue weighted by Gasteiger charge is -2.36. The highest BCUT2D eigenvalue weighted by molar-refractivity contribution is 6.04. The van der Waals surface area contributed by atoms with Crippen molar-refractivity contribution in [2.75, 3.05) is 13.1 Å². The van der Waals surface area contributed by atoms with Crippen molar-refractivity contribution in [3.8, 4) is 6.07 Å². The van der Waals surface area contributed by atoms with Gasteiger partial charge in [0.25, 0.3) is 5.91 Å². The highest BCUT2D eigenvalue weighted by atomic mass is 16.5. The van der Waals surface area contributed by atoms with Crippen molar-refractivity contribution in [2.45, 2.75) is 57.9 Å². The topological polar surface area (TPSA) is 128 Å². The highest BCUT2D eigenvalue weighted by Gasteiger charge is 2.55. The molecule has 2 N–H and O–H groups in total. The maximum atomic E-state index is 13.9. The molecule has 2 aliphatic rings. The maximum absolute atomic E-state index is 13.9. The molecule has 0 aromatic heterocycles. The number of urea groups is 1. The summed E-state index contributed by atoms with van der Waals surface area (Å²) in [6.45, 7) is 1.89. The number of amides is 5. The average Bonchev–Trinajstić information content (AvgIpc) is 3.48. The van der Waals surface area contributed by atoms with E-state index in [2.05, 4.69) is 5.32 Å². The minimum Gasteiger partial charge on any atom is -0.286 e. The number of nitrogens with zero attached hydrogens (tertiary/aromatic N) is 3. The molecule has 1 heterocycles. The van der Waals surface area contributed by atoms with Crippen molar-refractivity contribution in [1.29, 1.82) is 5.26 Å². The first-order chi connectivity index (χ1) is 15.8. The van der Waals surface area contributed by atoms with E-state index in [1.165, 1.54) is 12.1 Å². The smallest absolute Gasteiger partial charge is 0.286 e. The van der Waals surface area contributed by atoms with Gasteiger partial charge >= 0.3 is 11.9 Å². The van der Waals surface area contributed by atoms with Crippen LogP contribution in [-0.2, 0) is 9.59 Å². The fourth-order valence-corrected chi connectivity index (χ4v) is 5.30. The number of hydrogen-bond acceptors (Lipinski definition) is 6. The van der Waals surface area contributed by atoms with Crippen molar-refractivity contribution in [2.24, 2.45) is 11.8 Å². The Morgan fingerprint density at radius 1 is 1.27 bits per heavy atom. The lowest BCUT2D eigenvalue weighted by molar-refractivity contribution is -0.786. The van der Waals surface area contributed by atoms with Crippen LogP contribution in [0.5, 0.6) is 0 Å². The minimum atomic E-state index is -0.716. The van der Waals surface area contributed by atoms with E-state index in [0.29, 0.717) is 30.2 Å². The molecular formula is C24H31N4O5+. The summed E-state index contributed by atoms with van der Waals surface area (Å²) in [6.07, 6.45) is 6.15. The quantitative estimate of drug-likeness (QED) is 0.282. The molecule has 3 rings (SSSR count). The summed E-state index contributed by atoms with van der Waals surface area (Å²) in [4.78, 5) is 51.2. The molecule has 1 aliphatic heterocycles. The summed E-state index contributed by atoms with van der Waals surface area (Å²) in [5, 5.41) is 21.8. The third-order valence-electron chi connectivity index (χ3n) is 7.09. The average molecular weight is 456 g/mol. The fraction of sp³-hybridized carbons (Fsp3) is 0.542. The van der Waals surface area contributed by atoms with Crippen molar-refractivity contribution in [1.82, 2.24) is 10.4 Å². The van der Waals surface area contributed by atoms with Gasteiger partial charge in [-0.2, -0.15) is 9.74 Å². The second kappa shape index (κ2) is 10.7. The Bertz CT molecular complexity index is 952. The monoisotopic (exact) mass is 455 g/mol. The number of hydroxylamine groups is 2. The van der Waals surface area contributed by atoms with E-state index >= 15 is 0 Å². The summed E-state index contributed by atoms with van der Waals surface area (Å²) in [5.74, 6) is -1.46. The van der Waals surface area contributed by atoms with Crippen molar-refractivity contribution in [3.63, 3.8) is 0 Å². The van der Waals surface area contributed by atoms with Crippen molar-refractivity contribution >= 4 is 24.3 Å². The van der Waals surface area contributed by atoms with Crippen LogP contribution < -0.4 is 5.32 Å². The highest BCUT2D eigenvalue weighted by Crippen LogP contribution is 2.35. The van der Waals surface area contributed by atoms with Gasteiger partial charge in [0, 0.05) is 18.4 Å². The second-order valence-corrected chi connectivity index (χ2v) is 9.18. The standard InChI is InChI=1S/C24H30N4O5/c1-17-6-5-11-28(17,24(32)26-22(30)20-10-4-9-19(13-20)14-25)23(31)21(15-27(33)16-29)12-18-7-2-3-8-18/h4,9-10,13,16-18,21,33H,2-3,5-8,11-12,15H2,1H3/p+1/t17-,21-,28?/m1/s1. The molecule has 9 heteroatoms. The molecule has 1 aromatic rings. The molecule has 3 atom stereocenters. The van der Waals surface area contributed by atoms with E-state index in [1.807, 2.05) is 13.0 Å². The number of benzene rings is 1. The van der Waals surface area contributed by atoms with Crippen LogP contribution >= 0.6 is 0 Å². The van der Waals surface area contributed by atoms with Gasteiger partial charge in [0.15, 0.2) is 0 Å². The number of carbonyl (C=O) groups excluding carboxylic acids is 4. The third-order valence-corrected chi connectivity index (χ3v) is 7.09. The zero-order valence-electron chi connectivity index (χ0n) is 18.9. The molecule has 1 unspecified atom stereocenters. The van der Waals surface area contributed by atoms with E-state index in [4.69, 9.17) is 5.26 Å². The van der Waals surface area contributed by atoms with E-state index < -0.39 is 22.3 Å². The van der Waals surface area contributed by atoms with Crippen LogP contribution in [0, 0.1) is 23.2 Å². The molecule has 1 aliphatic carbocycles. The molecule has 1 saturated carbocycles. The number of likely N-dealkylation sites (tertiary alicyclic amines) is 1. The van der Waals surface area contributed by atoms with Gasteiger partial charge < -0.3 is 0 Å². The molecule has 5 amide bonds. The number of imide groups is 2. The Kier molecular flexibility index (Phi) is 7.95. The molecule has 0 spiro atoms. The van der Waals surface area contributed by atoms with E-state index in [1.54, 1.807) is 12.1 Å². The number of hydrogen-bond donors (Lipinski definition) is 2. The Hall–Kier alpha value is -3.09. The van der Waals surface area contributed by atoms with Gasteiger partial charge in [-0.25, -0.2) is 20.0 Å². The van der Waals surface area contributed by atoms with Crippen molar-refractivity contribution < 1.29 is 28.9 Å². The van der Waals surface area contributed by atoms with Gasteiger partial charge in [-0.15, -0.1) is 0 Å². The van der Waals surface area contributed by atoms with Crippen LogP contribution in [0.1, 0.15) is 67.8 Å². The summed E-state index contributed by atoms with van der Waals surface area (Å²) in [6, 6.07) is 6.91. The molecule has 9 nitrogen and oxygen atoms in total. The number of nitriles is 1. The van der Waals surface area contributed by atoms with Crippen molar-refractivity contribution in [3.05, 3.63) is 35.4 Å². The molecule has 1 saturated heterocycles. The predicted molar refractivity (Wildman–Crippen MR) is 117 cm³/mol. The second-order valence-electron chi connectivity index (χ2n) is 9.18. The fourth-order valence-electron chi connectivity index (χ4n) is 5.30.